The van der Waals surface area contributed by atoms with Crippen LogP contribution in [0.5, 0.6) is 0 Å². The van der Waals surface area contributed by atoms with Gasteiger partial charge in [-0.1, -0.05) is 18.2 Å². The number of benzene rings is 1. The molecule has 6 nitrogen and oxygen atoms in total. The number of nitrogen functional groups attached to an aromatic ring is 1. The molecule has 0 aliphatic rings. The van der Waals surface area contributed by atoms with Gasteiger partial charge in [0.2, 0.25) is 0 Å². The molecule has 0 fully saturated rings. The summed E-state index contributed by atoms with van der Waals surface area (Å²) < 4.78 is 5.79. The van der Waals surface area contributed by atoms with Gasteiger partial charge in [-0.3, -0.25) is 15.1 Å². The summed E-state index contributed by atoms with van der Waals surface area (Å²) >= 11 is 0. The first-order valence-corrected chi connectivity index (χ1v) is 6.52. The zero-order valence-electron chi connectivity index (χ0n) is 11.8. The van der Waals surface area contributed by atoms with E-state index < -0.39 is 0 Å². The van der Waals surface area contributed by atoms with Gasteiger partial charge in [0.1, 0.15) is 11.3 Å². The van der Waals surface area contributed by atoms with Crippen molar-refractivity contribution in [2.24, 2.45) is 5.84 Å². The van der Waals surface area contributed by atoms with Crippen molar-refractivity contribution in [1.29, 1.82) is 0 Å². The topological polar surface area (TPSA) is 83.5 Å². The van der Waals surface area contributed by atoms with Crippen molar-refractivity contribution >= 4 is 16.9 Å². The highest BCUT2D eigenvalue weighted by Crippen LogP contribution is 2.26. The van der Waals surface area contributed by atoms with Gasteiger partial charge >= 0.3 is 0 Å². The molecule has 1 aromatic heterocycles. The maximum absolute atomic E-state index is 12.0. The number of fused-ring (bicyclic) bond motifs is 1. The average Bonchev–Trinajstić information content (AvgIpc) is 2.82. The van der Waals surface area contributed by atoms with Crippen LogP contribution >= 0.6 is 0 Å². The Morgan fingerprint density at radius 1 is 1.40 bits per heavy atom. The zero-order valence-corrected chi connectivity index (χ0v) is 11.8. The highest BCUT2D eigenvalue weighted by Gasteiger charge is 2.20. The number of hydrogen-bond donors (Lipinski definition) is 3. The standard InChI is InChI=1S/C14H20N4O2/c1-16-7-8-18(2)9-12-13(14(19)17-15)10-5-3-4-6-11(10)20-12/h3-6,16H,7-9,15H2,1-2H3,(H,17,19). The molecule has 4 N–H and O–H groups in total. The lowest BCUT2D eigenvalue weighted by Gasteiger charge is -2.15. The normalized spacial score (nSPS) is 11.2. The van der Waals surface area contributed by atoms with E-state index in [9.17, 15) is 4.79 Å². The van der Waals surface area contributed by atoms with Crippen molar-refractivity contribution in [2.45, 2.75) is 6.54 Å². The molecule has 1 aromatic carbocycles. The Balaban J connectivity index is 2.34. The molecule has 6 heteroatoms. The van der Waals surface area contributed by atoms with E-state index in [1.54, 1.807) is 0 Å². The Morgan fingerprint density at radius 3 is 2.85 bits per heavy atom. The number of furan rings is 1. The van der Waals surface area contributed by atoms with Crippen LogP contribution in [0.2, 0.25) is 0 Å². The summed E-state index contributed by atoms with van der Waals surface area (Å²) in [7, 11) is 3.89. The van der Waals surface area contributed by atoms with Crippen molar-refractivity contribution in [1.82, 2.24) is 15.6 Å². The number of nitrogens with one attached hydrogen (secondary N) is 2. The zero-order chi connectivity index (χ0) is 14.5. The highest BCUT2D eigenvalue weighted by atomic mass is 16.3. The summed E-state index contributed by atoms with van der Waals surface area (Å²) in [5.41, 5.74) is 3.40. The van der Waals surface area contributed by atoms with Crippen molar-refractivity contribution in [3.05, 3.63) is 35.6 Å². The van der Waals surface area contributed by atoms with Crippen molar-refractivity contribution in [3.8, 4) is 0 Å². The van der Waals surface area contributed by atoms with Gasteiger partial charge in [0.25, 0.3) is 5.91 Å². The monoisotopic (exact) mass is 276 g/mol. The maximum Gasteiger partial charge on any atom is 0.269 e. The molecule has 0 atom stereocenters. The van der Waals surface area contributed by atoms with Crippen LogP contribution in [0.25, 0.3) is 11.0 Å². The third-order valence-corrected chi connectivity index (χ3v) is 3.18. The lowest BCUT2D eigenvalue weighted by Crippen LogP contribution is -2.32. The quantitative estimate of drug-likeness (QED) is 0.411. The fourth-order valence-corrected chi connectivity index (χ4v) is 2.16. The Hall–Kier alpha value is -1.89. The Bertz CT molecular complexity index is 594. The number of nitrogens with two attached hydrogens (primary N) is 1. The van der Waals surface area contributed by atoms with Crippen LogP contribution in [0.15, 0.2) is 28.7 Å². The minimum Gasteiger partial charge on any atom is -0.459 e. The third kappa shape index (κ3) is 2.98. The first-order valence-electron chi connectivity index (χ1n) is 6.52. The van der Waals surface area contributed by atoms with E-state index in [0.717, 1.165) is 18.5 Å². The molecule has 0 unspecified atom stereocenters. The molecular weight excluding hydrogens is 256 g/mol. The van der Waals surface area contributed by atoms with Gasteiger partial charge in [-0.05, 0) is 20.2 Å². The average molecular weight is 276 g/mol. The second-order valence-electron chi connectivity index (χ2n) is 4.71. The van der Waals surface area contributed by atoms with Crippen molar-refractivity contribution in [2.75, 3.05) is 27.2 Å². The second kappa shape index (κ2) is 6.51. The molecule has 0 spiro atoms. The predicted octanol–water partition coefficient (Wildman–Crippen LogP) is 0.687. The molecule has 108 valence electrons. The van der Waals surface area contributed by atoms with Gasteiger partial charge < -0.3 is 9.73 Å². The van der Waals surface area contributed by atoms with E-state index >= 15 is 0 Å². The largest absolute Gasteiger partial charge is 0.459 e. The van der Waals surface area contributed by atoms with E-state index in [1.165, 1.54) is 0 Å². The van der Waals surface area contributed by atoms with Crippen LogP contribution in [0.1, 0.15) is 16.1 Å². The van der Waals surface area contributed by atoms with E-state index in [0.29, 0.717) is 23.5 Å². The number of hydrogen-bond acceptors (Lipinski definition) is 5. The summed E-state index contributed by atoms with van der Waals surface area (Å²) in [6, 6.07) is 7.46. The first kappa shape index (κ1) is 14.5. The van der Waals surface area contributed by atoms with E-state index in [4.69, 9.17) is 10.3 Å². The summed E-state index contributed by atoms with van der Waals surface area (Å²) in [4.78, 5) is 14.1. The highest BCUT2D eigenvalue weighted by molar-refractivity contribution is 6.07. The van der Waals surface area contributed by atoms with Crippen LogP contribution in [0.3, 0.4) is 0 Å². The predicted molar refractivity (Wildman–Crippen MR) is 78.1 cm³/mol. The molecule has 1 heterocycles. The molecule has 2 rings (SSSR count). The van der Waals surface area contributed by atoms with Crippen LogP contribution in [0.4, 0.5) is 0 Å². The number of hydrazine groups is 1. The molecular formula is C14H20N4O2. The van der Waals surface area contributed by atoms with Gasteiger partial charge in [-0.15, -0.1) is 0 Å². The number of rotatable bonds is 6. The fourth-order valence-electron chi connectivity index (χ4n) is 2.16. The van der Waals surface area contributed by atoms with Crippen LogP contribution < -0.4 is 16.6 Å². The maximum atomic E-state index is 12.0. The Labute approximate surface area is 117 Å². The lowest BCUT2D eigenvalue weighted by molar-refractivity contribution is 0.0952. The number of amides is 1. The number of para-hydroxylation sites is 1. The molecule has 1 amide bonds. The van der Waals surface area contributed by atoms with Gasteiger partial charge in [-0.2, -0.15) is 0 Å². The van der Waals surface area contributed by atoms with Gasteiger partial charge in [-0.25, -0.2) is 5.84 Å². The molecule has 0 aliphatic carbocycles. The van der Waals surface area contributed by atoms with E-state index in [-0.39, 0.29) is 5.91 Å². The van der Waals surface area contributed by atoms with Crippen LogP contribution in [-0.4, -0.2) is 38.0 Å². The van der Waals surface area contributed by atoms with Crippen molar-refractivity contribution in [3.63, 3.8) is 0 Å². The van der Waals surface area contributed by atoms with Crippen molar-refractivity contribution < 1.29 is 9.21 Å². The van der Waals surface area contributed by atoms with E-state index in [2.05, 4.69) is 15.6 Å². The number of carbonyl (C=O) groups is 1. The smallest absolute Gasteiger partial charge is 0.269 e. The summed E-state index contributed by atoms with van der Waals surface area (Å²) in [6.45, 7) is 2.28. The molecule has 0 bridgehead atoms. The molecule has 0 saturated heterocycles. The lowest BCUT2D eigenvalue weighted by atomic mass is 10.1. The molecule has 0 radical (unpaired) electrons. The minimum atomic E-state index is -0.327. The SMILES string of the molecule is CNCCN(C)Cc1oc2ccccc2c1C(=O)NN. The fraction of sp³-hybridized carbons (Fsp3) is 0.357. The minimum absolute atomic E-state index is 0.327. The second-order valence-corrected chi connectivity index (χ2v) is 4.71. The molecule has 2 aromatic rings. The summed E-state index contributed by atoms with van der Waals surface area (Å²) in [5, 5.41) is 3.87. The van der Waals surface area contributed by atoms with Crippen LogP contribution in [-0.2, 0) is 6.54 Å². The number of nitrogens with zero attached hydrogens (tertiary/aromatic N) is 1. The van der Waals surface area contributed by atoms with Gasteiger partial charge in [0.15, 0.2) is 0 Å². The summed E-state index contributed by atoms with van der Waals surface area (Å²) in [5.74, 6) is 5.57. The first-order chi connectivity index (χ1) is 9.67. The number of carbonyl (C=O) groups excluding carboxylic acids is 1. The van der Waals surface area contributed by atoms with Crippen LogP contribution in [0, 0.1) is 0 Å². The number of likely N-dealkylation sites (N-methyl/N-ethyl adjacent to an activating group) is 2. The van der Waals surface area contributed by atoms with Gasteiger partial charge in [0, 0.05) is 18.5 Å². The Kier molecular flexibility index (Phi) is 4.73. The Morgan fingerprint density at radius 2 is 2.15 bits per heavy atom. The molecule has 0 saturated carbocycles. The van der Waals surface area contributed by atoms with Gasteiger partial charge in [0.05, 0.1) is 12.1 Å². The molecule has 20 heavy (non-hydrogen) atoms. The summed E-state index contributed by atoms with van der Waals surface area (Å²) in [6.07, 6.45) is 0. The molecule has 0 aliphatic heterocycles. The van der Waals surface area contributed by atoms with E-state index in [1.807, 2.05) is 38.4 Å². The third-order valence-electron chi connectivity index (χ3n) is 3.18.